The SMILES string of the molecule is CN(Cc1ccc(Cl)cc1)C(=O)NC1CCC(C(=O)O)CC1. The Bertz CT molecular complexity index is 525. The van der Waals surface area contributed by atoms with Gasteiger partial charge in [-0.1, -0.05) is 23.7 Å². The summed E-state index contributed by atoms with van der Waals surface area (Å²) < 4.78 is 0. The van der Waals surface area contributed by atoms with Crippen molar-refractivity contribution in [3.63, 3.8) is 0 Å². The second-order valence-electron chi connectivity index (χ2n) is 5.82. The Morgan fingerprint density at radius 1 is 1.23 bits per heavy atom. The molecule has 2 N–H and O–H groups in total. The molecule has 1 aliphatic rings. The van der Waals surface area contributed by atoms with Crippen LogP contribution in [-0.2, 0) is 11.3 Å². The average molecular weight is 325 g/mol. The quantitative estimate of drug-likeness (QED) is 0.894. The van der Waals surface area contributed by atoms with Crippen molar-refractivity contribution in [1.82, 2.24) is 10.2 Å². The van der Waals surface area contributed by atoms with E-state index in [-0.39, 0.29) is 18.0 Å². The van der Waals surface area contributed by atoms with Crippen molar-refractivity contribution in [2.45, 2.75) is 38.3 Å². The largest absolute Gasteiger partial charge is 0.481 e. The maximum Gasteiger partial charge on any atom is 0.317 e. The van der Waals surface area contributed by atoms with Crippen LogP contribution in [0.5, 0.6) is 0 Å². The standard InChI is InChI=1S/C16H21ClN2O3/c1-19(10-11-2-6-13(17)7-3-11)16(22)18-14-8-4-12(5-9-14)15(20)21/h2-3,6-7,12,14H,4-5,8-10H2,1H3,(H,18,22)(H,20,21). The molecule has 0 bridgehead atoms. The summed E-state index contributed by atoms with van der Waals surface area (Å²) in [5, 5.41) is 12.6. The molecule has 1 aliphatic carbocycles. The van der Waals surface area contributed by atoms with Gasteiger partial charge < -0.3 is 15.3 Å². The lowest BCUT2D eigenvalue weighted by Gasteiger charge is -2.28. The predicted octanol–water partition coefficient (Wildman–Crippen LogP) is 3.12. The number of rotatable bonds is 4. The Kier molecular flexibility index (Phi) is 5.66. The first-order valence-corrected chi connectivity index (χ1v) is 7.82. The molecule has 0 unspecified atom stereocenters. The highest BCUT2D eigenvalue weighted by molar-refractivity contribution is 6.30. The zero-order chi connectivity index (χ0) is 16.1. The van der Waals surface area contributed by atoms with Gasteiger partial charge in [0.1, 0.15) is 0 Å². The summed E-state index contributed by atoms with van der Waals surface area (Å²) >= 11 is 5.84. The number of carboxylic acids is 1. The number of nitrogens with zero attached hydrogens (tertiary/aromatic N) is 1. The van der Waals surface area contributed by atoms with Crippen LogP contribution >= 0.6 is 11.6 Å². The molecule has 1 aromatic carbocycles. The topological polar surface area (TPSA) is 69.6 Å². The van der Waals surface area contributed by atoms with Gasteiger partial charge >= 0.3 is 12.0 Å². The number of hydrogen-bond donors (Lipinski definition) is 2. The predicted molar refractivity (Wildman–Crippen MR) is 84.8 cm³/mol. The third-order valence-corrected chi connectivity index (χ3v) is 4.34. The molecule has 1 aromatic rings. The summed E-state index contributed by atoms with van der Waals surface area (Å²) in [7, 11) is 1.74. The zero-order valence-electron chi connectivity index (χ0n) is 12.6. The molecular formula is C16H21ClN2O3. The van der Waals surface area contributed by atoms with Crippen LogP contribution in [0.25, 0.3) is 0 Å². The van der Waals surface area contributed by atoms with E-state index in [1.54, 1.807) is 24.1 Å². The number of carbonyl (C=O) groups is 2. The summed E-state index contributed by atoms with van der Waals surface area (Å²) in [4.78, 5) is 24.7. The van der Waals surface area contributed by atoms with E-state index >= 15 is 0 Å². The van der Waals surface area contributed by atoms with Crippen LogP contribution < -0.4 is 5.32 Å². The molecule has 6 heteroatoms. The van der Waals surface area contributed by atoms with Gasteiger partial charge in [0, 0.05) is 24.7 Å². The van der Waals surface area contributed by atoms with E-state index in [0.29, 0.717) is 24.4 Å². The molecule has 0 heterocycles. The molecule has 2 rings (SSSR count). The summed E-state index contributed by atoms with van der Waals surface area (Å²) in [6.45, 7) is 0.507. The van der Waals surface area contributed by atoms with E-state index in [9.17, 15) is 9.59 Å². The van der Waals surface area contributed by atoms with Gasteiger partial charge in [0.15, 0.2) is 0 Å². The molecule has 0 radical (unpaired) electrons. The summed E-state index contributed by atoms with van der Waals surface area (Å²) in [5.41, 5.74) is 1.01. The fourth-order valence-electron chi connectivity index (χ4n) is 2.70. The number of benzene rings is 1. The summed E-state index contributed by atoms with van der Waals surface area (Å²) in [6.07, 6.45) is 2.69. The lowest BCUT2D eigenvalue weighted by atomic mass is 9.86. The molecule has 5 nitrogen and oxygen atoms in total. The third kappa shape index (κ3) is 4.63. The molecule has 120 valence electrons. The molecule has 0 aliphatic heterocycles. The molecule has 1 saturated carbocycles. The highest BCUT2D eigenvalue weighted by Crippen LogP contribution is 2.24. The van der Waals surface area contributed by atoms with Crippen molar-refractivity contribution in [3.05, 3.63) is 34.9 Å². The number of aliphatic carboxylic acids is 1. The molecule has 0 aromatic heterocycles. The second kappa shape index (κ2) is 7.49. The minimum absolute atomic E-state index is 0.0655. The van der Waals surface area contributed by atoms with Gasteiger partial charge in [-0.15, -0.1) is 0 Å². The Morgan fingerprint density at radius 3 is 2.36 bits per heavy atom. The Balaban J connectivity index is 1.79. The minimum Gasteiger partial charge on any atom is -0.481 e. The molecule has 0 atom stereocenters. The van der Waals surface area contributed by atoms with Gasteiger partial charge in [0.05, 0.1) is 5.92 Å². The van der Waals surface area contributed by atoms with Crippen LogP contribution in [0.1, 0.15) is 31.2 Å². The minimum atomic E-state index is -0.732. The van der Waals surface area contributed by atoms with Crippen molar-refractivity contribution >= 4 is 23.6 Å². The normalized spacial score (nSPS) is 21.2. The number of carboxylic acid groups (broad SMARTS) is 1. The first-order valence-electron chi connectivity index (χ1n) is 7.44. The molecule has 0 saturated heterocycles. The molecule has 22 heavy (non-hydrogen) atoms. The first-order chi connectivity index (χ1) is 10.5. The lowest BCUT2D eigenvalue weighted by Crippen LogP contribution is -2.44. The van der Waals surface area contributed by atoms with Gasteiger partial charge in [-0.25, -0.2) is 4.79 Å². The monoisotopic (exact) mass is 324 g/mol. The fraction of sp³-hybridized carbons (Fsp3) is 0.500. The second-order valence-corrected chi connectivity index (χ2v) is 6.26. The first kappa shape index (κ1) is 16.6. The van der Waals surface area contributed by atoms with E-state index in [1.165, 1.54) is 0 Å². The van der Waals surface area contributed by atoms with Crippen LogP contribution in [-0.4, -0.2) is 35.1 Å². The fourth-order valence-corrected chi connectivity index (χ4v) is 2.83. The van der Waals surface area contributed by atoms with E-state index in [4.69, 9.17) is 16.7 Å². The molecule has 1 fully saturated rings. The molecule has 0 spiro atoms. The van der Waals surface area contributed by atoms with Gasteiger partial charge in [-0.3, -0.25) is 4.79 Å². The summed E-state index contributed by atoms with van der Waals surface area (Å²) in [6, 6.07) is 7.32. The average Bonchev–Trinajstić information content (AvgIpc) is 2.50. The Labute approximate surface area is 135 Å². The molecule has 2 amide bonds. The van der Waals surface area contributed by atoms with Crippen LogP contribution in [0.3, 0.4) is 0 Å². The van der Waals surface area contributed by atoms with Crippen LogP contribution in [0.4, 0.5) is 4.79 Å². The van der Waals surface area contributed by atoms with Crippen molar-refractivity contribution in [1.29, 1.82) is 0 Å². The number of hydrogen-bond acceptors (Lipinski definition) is 2. The number of halogens is 1. The number of urea groups is 1. The van der Waals surface area contributed by atoms with E-state index in [2.05, 4.69) is 5.32 Å². The third-order valence-electron chi connectivity index (χ3n) is 4.08. The van der Waals surface area contributed by atoms with Crippen LogP contribution in [0, 0.1) is 5.92 Å². The van der Waals surface area contributed by atoms with Crippen molar-refractivity contribution in [3.8, 4) is 0 Å². The number of nitrogens with one attached hydrogen (secondary N) is 1. The molecular weight excluding hydrogens is 304 g/mol. The Morgan fingerprint density at radius 2 is 1.82 bits per heavy atom. The van der Waals surface area contributed by atoms with Crippen molar-refractivity contribution in [2.75, 3.05) is 7.05 Å². The summed E-state index contributed by atoms with van der Waals surface area (Å²) in [5.74, 6) is -0.996. The van der Waals surface area contributed by atoms with Crippen LogP contribution in [0.2, 0.25) is 5.02 Å². The number of carbonyl (C=O) groups excluding carboxylic acids is 1. The van der Waals surface area contributed by atoms with Crippen LogP contribution in [0.15, 0.2) is 24.3 Å². The van der Waals surface area contributed by atoms with Gasteiger partial charge in [0.2, 0.25) is 0 Å². The van der Waals surface area contributed by atoms with Crippen molar-refractivity contribution in [2.24, 2.45) is 5.92 Å². The van der Waals surface area contributed by atoms with Gasteiger partial charge in [0.25, 0.3) is 0 Å². The van der Waals surface area contributed by atoms with Gasteiger partial charge in [-0.2, -0.15) is 0 Å². The van der Waals surface area contributed by atoms with E-state index < -0.39 is 5.97 Å². The maximum absolute atomic E-state index is 12.2. The van der Waals surface area contributed by atoms with E-state index in [0.717, 1.165) is 18.4 Å². The highest BCUT2D eigenvalue weighted by atomic mass is 35.5. The smallest absolute Gasteiger partial charge is 0.317 e. The lowest BCUT2D eigenvalue weighted by molar-refractivity contribution is -0.142. The highest BCUT2D eigenvalue weighted by Gasteiger charge is 2.27. The van der Waals surface area contributed by atoms with Gasteiger partial charge in [-0.05, 0) is 43.4 Å². The van der Waals surface area contributed by atoms with Crippen molar-refractivity contribution < 1.29 is 14.7 Å². The Hall–Kier alpha value is -1.75. The van der Waals surface area contributed by atoms with E-state index in [1.807, 2.05) is 12.1 Å². The number of amides is 2. The zero-order valence-corrected chi connectivity index (χ0v) is 13.3. The maximum atomic E-state index is 12.2.